The van der Waals surface area contributed by atoms with E-state index in [2.05, 4.69) is 10.3 Å². The summed E-state index contributed by atoms with van der Waals surface area (Å²) in [6.45, 7) is 1.77. The maximum absolute atomic E-state index is 12.3. The molecule has 6 heteroatoms. The van der Waals surface area contributed by atoms with Crippen molar-refractivity contribution in [3.05, 3.63) is 54.4 Å². The van der Waals surface area contributed by atoms with Gasteiger partial charge < -0.3 is 14.8 Å². The van der Waals surface area contributed by atoms with Crippen molar-refractivity contribution in [3.8, 4) is 5.75 Å². The first-order valence-corrected chi connectivity index (χ1v) is 7.20. The molecule has 6 nitrogen and oxygen atoms in total. The van der Waals surface area contributed by atoms with Crippen LogP contribution < -0.4 is 10.1 Å². The van der Waals surface area contributed by atoms with Crippen LogP contribution in [0, 0.1) is 0 Å². The van der Waals surface area contributed by atoms with Crippen LogP contribution in [-0.4, -0.2) is 30.1 Å². The summed E-state index contributed by atoms with van der Waals surface area (Å²) in [6, 6.07) is 10.2. The van der Waals surface area contributed by atoms with Crippen LogP contribution in [0.15, 0.2) is 48.8 Å². The van der Waals surface area contributed by atoms with Gasteiger partial charge in [0.1, 0.15) is 5.75 Å². The minimum absolute atomic E-state index is 0.302. The van der Waals surface area contributed by atoms with Gasteiger partial charge in [-0.25, -0.2) is 4.79 Å². The second kappa shape index (κ2) is 7.93. The SMILES string of the molecule is CCC(OC(=O)c1cccnc1)C(=O)Nc1ccccc1OC. The second-order valence-corrected chi connectivity index (χ2v) is 4.73. The van der Waals surface area contributed by atoms with Crippen molar-refractivity contribution >= 4 is 17.6 Å². The fourth-order valence-electron chi connectivity index (χ4n) is 1.96. The van der Waals surface area contributed by atoms with Gasteiger partial charge in [-0.15, -0.1) is 0 Å². The quantitative estimate of drug-likeness (QED) is 0.829. The molecule has 0 fully saturated rings. The smallest absolute Gasteiger partial charge is 0.340 e. The van der Waals surface area contributed by atoms with Crippen molar-refractivity contribution in [1.82, 2.24) is 4.98 Å². The number of benzene rings is 1. The van der Waals surface area contributed by atoms with E-state index in [4.69, 9.17) is 9.47 Å². The van der Waals surface area contributed by atoms with Crippen LogP contribution in [-0.2, 0) is 9.53 Å². The molecule has 1 unspecified atom stereocenters. The summed E-state index contributed by atoms with van der Waals surface area (Å²) in [5, 5.41) is 2.71. The Hall–Kier alpha value is -2.89. The van der Waals surface area contributed by atoms with Crippen LogP contribution in [0.3, 0.4) is 0 Å². The Morgan fingerprint density at radius 2 is 2.00 bits per heavy atom. The van der Waals surface area contributed by atoms with Crippen molar-refractivity contribution in [2.24, 2.45) is 0 Å². The van der Waals surface area contributed by atoms with Gasteiger partial charge in [-0.1, -0.05) is 19.1 Å². The third-order valence-corrected chi connectivity index (χ3v) is 3.17. The summed E-state index contributed by atoms with van der Waals surface area (Å²) in [7, 11) is 1.52. The molecule has 23 heavy (non-hydrogen) atoms. The van der Waals surface area contributed by atoms with Crippen LogP contribution in [0.1, 0.15) is 23.7 Å². The summed E-state index contributed by atoms with van der Waals surface area (Å²) in [6.07, 6.45) is 2.41. The molecule has 2 aromatic rings. The Bertz CT molecular complexity index is 673. The highest BCUT2D eigenvalue weighted by atomic mass is 16.5. The number of hydrogen-bond acceptors (Lipinski definition) is 5. The van der Waals surface area contributed by atoms with Gasteiger partial charge in [0.25, 0.3) is 5.91 Å². The van der Waals surface area contributed by atoms with Gasteiger partial charge in [-0.3, -0.25) is 9.78 Å². The number of pyridine rings is 1. The average Bonchev–Trinajstić information content (AvgIpc) is 2.60. The van der Waals surface area contributed by atoms with E-state index in [0.29, 0.717) is 23.4 Å². The predicted octanol–water partition coefficient (Wildman–Crippen LogP) is 2.66. The van der Waals surface area contributed by atoms with E-state index in [9.17, 15) is 9.59 Å². The van der Waals surface area contributed by atoms with Gasteiger partial charge >= 0.3 is 5.97 Å². The predicted molar refractivity (Wildman–Crippen MR) is 85.4 cm³/mol. The monoisotopic (exact) mass is 314 g/mol. The Labute approximate surface area is 134 Å². The zero-order valence-electron chi connectivity index (χ0n) is 13.0. The molecule has 0 spiro atoms. The summed E-state index contributed by atoms with van der Waals surface area (Å²) in [5.74, 6) is -0.455. The number of rotatable bonds is 6. The summed E-state index contributed by atoms with van der Waals surface area (Å²) < 4.78 is 10.4. The Kier molecular flexibility index (Phi) is 5.68. The number of carbonyl (C=O) groups excluding carboxylic acids is 2. The fourth-order valence-corrected chi connectivity index (χ4v) is 1.96. The van der Waals surface area contributed by atoms with E-state index in [-0.39, 0.29) is 0 Å². The third-order valence-electron chi connectivity index (χ3n) is 3.17. The third kappa shape index (κ3) is 4.29. The van der Waals surface area contributed by atoms with Crippen molar-refractivity contribution in [2.75, 3.05) is 12.4 Å². The lowest BCUT2D eigenvalue weighted by molar-refractivity contribution is -0.124. The minimum atomic E-state index is -0.896. The molecule has 0 bridgehead atoms. The Morgan fingerprint density at radius 1 is 1.22 bits per heavy atom. The topological polar surface area (TPSA) is 77.5 Å². The fraction of sp³-hybridized carbons (Fsp3) is 0.235. The zero-order chi connectivity index (χ0) is 16.7. The molecule has 0 saturated carbocycles. The van der Waals surface area contributed by atoms with Gasteiger partial charge in [0.05, 0.1) is 18.4 Å². The number of nitrogens with one attached hydrogen (secondary N) is 1. The number of ether oxygens (including phenoxy) is 2. The number of methoxy groups -OCH3 is 1. The molecule has 1 aromatic heterocycles. The van der Waals surface area contributed by atoms with Crippen LogP contribution in [0.2, 0.25) is 0 Å². The second-order valence-electron chi connectivity index (χ2n) is 4.73. The number of nitrogens with zero attached hydrogens (tertiary/aromatic N) is 1. The normalized spacial score (nSPS) is 11.4. The average molecular weight is 314 g/mol. The molecule has 0 aliphatic carbocycles. The molecule has 1 N–H and O–H groups in total. The van der Waals surface area contributed by atoms with Gasteiger partial charge in [-0.2, -0.15) is 0 Å². The molecular formula is C17H18N2O4. The van der Waals surface area contributed by atoms with Gasteiger partial charge in [0.15, 0.2) is 6.10 Å². The van der Waals surface area contributed by atoms with Crippen molar-refractivity contribution in [2.45, 2.75) is 19.4 Å². The first kappa shape index (κ1) is 16.5. The lowest BCUT2D eigenvalue weighted by Crippen LogP contribution is -2.32. The number of esters is 1. The number of para-hydroxylation sites is 2. The highest BCUT2D eigenvalue weighted by Gasteiger charge is 2.22. The van der Waals surface area contributed by atoms with E-state index in [1.807, 2.05) is 0 Å². The van der Waals surface area contributed by atoms with E-state index in [0.717, 1.165) is 0 Å². The Morgan fingerprint density at radius 3 is 2.65 bits per heavy atom. The summed E-state index contributed by atoms with van der Waals surface area (Å²) in [5.41, 5.74) is 0.826. The largest absolute Gasteiger partial charge is 0.495 e. The van der Waals surface area contributed by atoms with Crippen LogP contribution in [0.5, 0.6) is 5.75 Å². The molecule has 0 aliphatic rings. The Balaban J connectivity index is 2.05. The van der Waals surface area contributed by atoms with Crippen LogP contribution in [0.25, 0.3) is 0 Å². The van der Waals surface area contributed by atoms with E-state index < -0.39 is 18.0 Å². The molecule has 1 atom stereocenters. The number of aromatic nitrogens is 1. The maximum atomic E-state index is 12.3. The molecule has 0 saturated heterocycles. The molecule has 1 amide bonds. The summed E-state index contributed by atoms with van der Waals surface area (Å²) in [4.78, 5) is 28.2. The van der Waals surface area contributed by atoms with Crippen molar-refractivity contribution < 1.29 is 19.1 Å². The summed E-state index contributed by atoms with van der Waals surface area (Å²) >= 11 is 0. The van der Waals surface area contributed by atoms with Crippen LogP contribution in [0.4, 0.5) is 5.69 Å². The number of anilines is 1. The van der Waals surface area contributed by atoms with E-state index >= 15 is 0 Å². The van der Waals surface area contributed by atoms with Crippen molar-refractivity contribution in [1.29, 1.82) is 0 Å². The lowest BCUT2D eigenvalue weighted by atomic mass is 10.2. The minimum Gasteiger partial charge on any atom is -0.495 e. The molecular weight excluding hydrogens is 296 g/mol. The standard InChI is InChI=1S/C17H18N2O4/c1-3-14(23-17(21)12-7-6-10-18-11-12)16(20)19-13-8-4-5-9-15(13)22-2/h4-11,14H,3H2,1-2H3,(H,19,20). The molecule has 0 aliphatic heterocycles. The zero-order valence-corrected chi connectivity index (χ0v) is 13.0. The van der Waals surface area contributed by atoms with Gasteiger partial charge in [0.2, 0.25) is 0 Å². The van der Waals surface area contributed by atoms with Crippen molar-refractivity contribution in [3.63, 3.8) is 0 Å². The first-order chi connectivity index (χ1) is 11.2. The van der Waals surface area contributed by atoms with Gasteiger partial charge in [-0.05, 0) is 30.7 Å². The number of amides is 1. The first-order valence-electron chi connectivity index (χ1n) is 7.20. The lowest BCUT2D eigenvalue weighted by Gasteiger charge is -2.17. The highest BCUT2D eigenvalue weighted by molar-refractivity contribution is 5.98. The molecule has 120 valence electrons. The number of carbonyl (C=O) groups is 2. The van der Waals surface area contributed by atoms with Crippen LogP contribution >= 0.6 is 0 Å². The maximum Gasteiger partial charge on any atom is 0.340 e. The number of hydrogen-bond donors (Lipinski definition) is 1. The van der Waals surface area contributed by atoms with E-state index in [1.54, 1.807) is 49.5 Å². The molecule has 2 rings (SSSR count). The molecule has 1 heterocycles. The molecule has 0 radical (unpaired) electrons. The van der Waals surface area contributed by atoms with E-state index in [1.165, 1.54) is 13.3 Å². The van der Waals surface area contributed by atoms with Gasteiger partial charge in [0, 0.05) is 12.4 Å². The highest BCUT2D eigenvalue weighted by Crippen LogP contribution is 2.23. The molecule has 1 aromatic carbocycles.